The summed E-state index contributed by atoms with van der Waals surface area (Å²) >= 11 is 0. The Morgan fingerprint density at radius 1 is 1.38 bits per heavy atom. The van der Waals surface area contributed by atoms with E-state index in [2.05, 4.69) is 19.2 Å². The quantitative estimate of drug-likeness (QED) is 0.684. The Bertz CT molecular complexity index is 185. The minimum atomic E-state index is 0.108. The van der Waals surface area contributed by atoms with Crippen molar-refractivity contribution in [2.45, 2.75) is 45.7 Å². The van der Waals surface area contributed by atoms with Crippen molar-refractivity contribution in [3.8, 4) is 0 Å². The molecule has 3 nitrogen and oxygen atoms in total. The van der Waals surface area contributed by atoms with Crippen LogP contribution in [0.4, 0.5) is 0 Å². The van der Waals surface area contributed by atoms with Crippen molar-refractivity contribution in [3.05, 3.63) is 0 Å². The average molecular weight is 184 g/mol. The zero-order valence-electron chi connectivity index (χ0n) is 8.71. The van der Waals surface area contributed by atoms with Gasteiger partial charge in [-0.2, -0.15) is 0 Å². The van der Waals surface area contributed by atoms with E-state index in [1.807, 2.05) is 6.92 Å². The predicted octanol–water partition coefficient (Wildman–Crippen LogP) is 0.884. The topological polar surface area (TPSA) is 55.1 Å². The summed E-state index contributed by atoms with van der Waals surface area (Å²) in [5.74, 6) is 0.692. The monoisotopic (exact) mass is 184 g/mol. The molecule has 1 unspecified atom stereocenters. The summed E-state index contributed by atoms with van der Waals surface area (Å²) in [4.78, 5) is 11.5. The van der Waals surface area contributed by atoms with Crippen molar-refractivity contribution in [2.75, 3.05) is 0 Å². The fourth-order valence-electron chi connectivity index (χ4n) is 1.42. The summed E-state index contributed by atoms with van der Waals surface area (Å²) in [6.45, 7) is 6.10. The van der Waals surface area contributed by atoms with Crippen molar-refractivity contribution in [3.63, 3.8) is 0 Å². The second-order valence-electron chi connectivity index (χ2n) is 4.47. The van der Waals surface area contributed by atoms with Crippen LogP contribution in [-0.4, -0.2) is 18.0 Å². The molecule has 1 fully saturated rings. The van der Waals surface area contributed by atoms with Gasteiger partial charge in [0.2, 0.25) is 5.91 Å². The van der Waals surface area contributed by atoms with Gasteiger partial charge in [0.1, 0.15) is 0 Å². The summed E-state index contributed by atoms with van der Waals surface area (Å²) < 4.78 is 0. The van der Waals surface area contributed by atoms with Crippen molar-refractivity contribution >= 4 is 5.91 Å². The van der Waals surface area contributed by atoms with Gasteiger partial charge in [-0.1, -0.05) is 20.8 Å². The van der Waals surface area contributed by atoms with E-state index in [4.69, 9.17) is 5.73 Å². The fraction of sp³-hybridized carbons (Fsp3) is 0.900. The van der Waals surface area contributed by atoms with E-state index >= 15 is 0 Å². The molecule has 0 heterocycles. The summed E-state index contributed by atoms with van der Waals surface area (Å²) in [7, 11) is 0. The number of carbonyl (C=O) groups excluding carboxylic acids is 1. The Labute approximate surface area is 80.1 Å². The molecule has 3 heteroatoms. The molecule has 3 N–H and O–H groups in total. The molecule has 0 aromatic carbocycles. The minimum absolute atomic E-state index is 0.108. The van der Waals surface area contributed by atoms with Gasteiger partial charge in [0.15, 0.2) is 0 Å². The molecule has 0 bridgehead atoms. The van der Waals surface area contributed by atoms with Crippen LogP contribution in [0, 0.1) is 11.8 Å². The second kappa shape index (κ2) is 4.09. The van der Waals surface area contributed by atoms with Gasteiger partial charge in [-0.3, -0.25) is 4.79 Å². The van der Waals surface area contributed by atoms with Gasteiger partial charge in [-0.15, -0.1) is 0 Å². The van der Waals surface area contributed by atoms with Gasteiger partial charge in [0, 0.05) is 18.0 Å². The van der Waals surface area contributed by atoms with E-state index in [9.17, 15) is 4.79 Å². The normalized spacial score (nSPS) is 29.6. The number of amides is 1. The lowest BCUT2D eigenvalue weighted by atomic mass is 9.86. The lowest BCUT2D eigenvalue weighted by Crippen LogP contribution is -2.51. The Morgan fingerprint density at radius 2 is 1.92 bits per heavy atom. The highest BCUT2D eigenvalue weighted by atomic mass is 16.1. The third-order valence-corrected chi connectivity index (χ3v) is 2.93. The van der Waals surface area contributed by atoms with Gasteiger partial charge in [0.25, 0.3) is 0 Å². The molecule has 76 valence electrons. The van der Waals surface area contributed by atoms with Crippen LogP contribution in [0.3, 0.4) is 0 Å². The lowest BCUT2D eigenvalue weighted by molar-refractivity contribution is -0.127. The Morgan fingerprint density at radius 3 is 2.31 bits per heavy atom. The largest absolute Gasteiger partial charge is 0.353 e. The maximum atomic E-state index is 11.5. The third-order valence-electron chi connectivity index (χ3n) is 2.93. The average Bonchev–Trinajstić information content (AvgIpc) is 2.00. The van der Waals surface area contributed by atoms with Crippen LogP contribution in [0.5, 0.6) is 0 Å². The number of carbonyl (C=O) groups is 1. The first-order valence-electron chi connectivity index (χ1n) is 5.06. The molecule has 0 spiro atoms. The zero-order valence-corrected chi connectivity index (χ0v) is 8.71. The molecular weight excluding hydrogens is 164 g/mol. The maximum Gasteiger partial charge on any atom is 0.223 e. The van der Waals surface area contributed by atoms with Gasteiger partial charge in [-0.25, -0.2) is 0 Å². The first-order chi connectivity index (χ1) is 6.00. The number of hydrogen-bond donors (Lipinski definition) is 2. The zero-order chi connectivity index (χ0) is 10.0. The van der Waals surface area contributed by atoms with Crippen LogP contribution < -0.4 is 11.1 Å². The molecule has 1 amide bonds. The van der Waals surface area contributed by atoms with E-state index in [1.54, 1.807) is 0 Å². The molecule has 1 aliphatic rings. The molecule has 0 aromatic heterocycles. The van der Waals surface area contributed by atoms with Crippen molar-refractivity contribution in [1.82, 2.24) is 5.32 Å². The van der Waals surface area contributed by atoms with Crippen LogP contribution in [-0.2, 0) is 4.79 Å². The van der Waals surface area contributed by atoms with Crippen LogP contribution in [0.15, 0.2) is 0 Å². The second-order valence-corrected chi connectivity index (χ2v) is 4.47. The Balaban J connectivity index is 2.25. The number of rotatable bonds is 3. The highest BCUT2D eigenvalue weighted by Crippen LogP contribution is 2.19. The first-order valence-corrected chi connectivity index (χ1v) is 5.06. The highest BCUT2D eigenvalue weighted by Gasteiger charge is 2.28. The first kappa shape index (κ1) is 10.5. The van der Waals surface area contributed by atoms with E-state index in [0.717, 1.165) is 12.8 Å². The van der Waals surface area contributed by atoms with Gasteiger partial charge >= 0.3 is 0 Å². The van der Waals surface area contributed by atoms with Crippen LogP contribution >= 0.6 is 0 Å². The number of nitrogens with two attached hydrogens (primary N) is 1. The smallest absolute Gasteiger partial charge is 0.223 e. The van der Waals surface area contributed by atoms with Gasteiger partial charge in [-0.05, 0) is 18.8 Å². The standard InChI is InChI=1S/C10H20N2O/c1-6(2)7(3)10(13)12-9-4-8(11)5-9/h6-9H,4-5,11H2,1-3H3,(H,12,13). The summed E-state index contributed by atoms with van der Waals surface area (Å²) in [6, 6.07) is 0.642. The Kier molecular flexibility index (Phi) is 3.31. The molecule has 0 aromatic rings. The van der Waals surface area contributed by atoms with E-state index in [0.29, 0.717) is 18.0 Å². The molecule has 0 aliphatic heterocycles. The minimum Gasteiger partial charge on any atom is -0.353 e. The molecule has 1 saturated carbocycles. The molecule has 1 atom stereocenters. The van der Waals surface area contributed by atoms with Gasteiger partial charge in [0.05, 0.1) is 0 Å². The fourth-order valence-corrected chi connectivity index (χ4v) is 1.42. The van der Waals surface area contributed by atoms with Crippen molar-refractivity contribution in [2.24, 2.45) is 17.6 Å². The predicted molar refractivity (Wildman–Crippen MR) is 53.1 cm³/mol. The number of hydrogen-bond acceptors (Lipinski definition) is 2. The van der Waals surface area contributed by atoms with E-state index in [1.165, 1.54) is 0 Å². The molecule has 0 radical (unpaired) electrons. The summed E-state index contributed by atoms with van der Waals surface area (Å²) in [5.41, 5.74) is 5.63. The highest BCUT2D eigenvalue weighted by molar-refractivity contribution is 5.78. The van der Waals surface area contributed by atoms with Gasteiger partial charge < -0.3 is 11.1 Å². The summed E-state index contributed by atoms with van der Waals surface area (Å²) in [5, 5.41) is 3.01. The van der Waals surface area contributed by atoms with E-state index in [-0.39, 0.29) is 11.8 Å². The number of nitrogens with one attached hydrogen (secondary N) is 1. The Hall–Kier alpha value is -0.570. The van der Waals surface area contributed by atoms with Crippen LogP contribution in [0.1, 0.15) is 33.6 Å². The van der Waals surface area contributed by atoms with Crippen molar-refractivity contribution < 1.29 is 4.79 Å². The SMILES string of the molecule is CC(C)C(C)C(=O)NC1CC(N)C1. The molecule has 0 saturated heterocycles. The molecular formula is C10H20N2O. The third kappa shape index (κ3) is 2.69. The lowest BCUT2D eigenvalue weighted by Gasteiger charge is -2.34. The maximum absolute atomic E-state index is 11.5. The summed E-state index contributed by atoms with van der Waals surface area (Å²) in [6.07, 6.45) is 1.88. The van der Waals surface area contributed by atoms with Crippen molar-refractivity contribution in [1.29, 1.82) is 0 Å². The molecule has 13 heavy (non-hydrogen) atoms. The van der Waals surface area contributed by atoms with Crippen LogP contribution in [0.25, 0.3) is 0 Å². The molecule has 1 rings (SSSR count). The van der Waals surface area contributed by atoms with E-state index < -0.39 is 0 Å². The van der Waals surface area contributed by atoms with Crippen LogP contribution in [0.2, 0.25) is 0 Å². The molecule has 1 aliphatic carbocycles.